The van der Waals surface area contributed by atoms with E-state index in [9.17, 15) is 4.79 Å². The molecule has 0 atom stereocenters. The van der Waals surface area contributed by atoms with Crippen LogP contribution in [0.3, 0.4) is 0 Å². The van der Waals surface area contributed by atoms with E-state index in [0.29, 0.717) is 18.9 Å². The minimum Gasteiger partial charge on any atom is -0.478 e. The van der Waals surface area contributed by atoms with Crippen LogP contribution in [-0.2, 0) is 4.74 Å². The lowest BCUT2D eigenvalue weighted by molar-refractivity contribution is 0.0216. The average molecular weight is 238 g/mol. The first-order valence-electron chi connectivity index (χ1n) is 5.48. The Bertz CT molecular complexity index is 416. The molecule has 1 aliphatic rings. The fourth-order valence-electron chi connectivity index (χ4n) is 1.66. The second kappa shape index (κ2) is 5.09. The largest absolute Gasteiger partial charge is 0.478 e. The maximum Gasteiger partial charge on any atom is 0.339 e. The van der Waals surface area contributed by atoms with E-state index in [2.05, 4.69) is 9.97 Å². The molecule has 92 valence electrons. The molecule has 0 radical (unpaired) electrons. The lowest BCUT2D eigenvalue weighted by Gasteiger charge is -2.22. The van der Waals surface area contributed by atoms with Gasteiger partial charge in [-0.25, -0.2) is 9.78 Å². The van der Waals surface area contributed by atoms with Crippen LogP contribution < -0.4 is 4.74 Å². The molecule has 0 spiro atoms. The van der Waals surface area contributed by atoms with Gasteiger partial charge in [-0.05, 0) is 6.92 Å². The maximum absolute atomic E-state index is 10.8. The standard InChI is InChI=1S/C11H14N2O4/c1-7-9(10(14)15)6-12-11(13-7)17-8-2-4-16-5-3-8/h6,8H,2-5H2,1H3,(H,14,15). The van der Waals surface area contributed by atoms with Gasteiger partial charge in [-0.2, -0.15) is 4.98 Å². The summed E-state index contributed by atoms with van der Waals surface area (Å²) in [5.41, 5.74) is 0.513. The first kappa shape index (κ1) is 11.8. The second-order valence-corrected chi connectivity index (χ2v) is 3.89. The summed E-state index contributed by atoms with van der Waals surface area (Å²) in [5.74, 6) is -1.03. The summed E-state index contributed by atoms with van der Waals surface area (Å²) in [5, 5.41) is 8.84. The van der Waals surface area contributed by atoms with Gasteiger partial charge in [0, 0.05) is 19.0 Å². The summed E-state index contributed by atoms with van der Waals surface area (Å²) in [7, 11) is 0. The van der Waals surface area contributed by atoms with E-state index in [1.54, 1.807) is 6.92 Å². The molecule has 6 nitrogen and oxygen atoms in total. The minimum atomic E-state index is -1.03. The SMILES string of the molecule is Cc1nc(OC2CCOCC2)ncc1C(=O)O. The number of carboxylic acids is 1. The summed E-state index contributed by atoms with van der Waals surface area (Å²) >= 11 is 0. The second-order valence-electron chi connectivity index (χ2n) is 3.89. The third-order valence-electron chi connectivity index (χ3n) is 2.63. The molecule has 1 saturated heterocycles. The zero-order chi connectivity index (χ0) is 12.3. The molecule has 0 aliphatic carbocycles. The third kappa shape index (κ3) is 2.91. The van der Waals surface area contributed by atoms with Crippen molar-refractivity contribution >= 4 is 5.97 Å². The van der Waals surface area contributed by atoms with Crippen molar-refractivity contribution in [2.75, 3.05) is 13.2 Å². The summed E-state index contributed by atoms with van der Waals surface area (Å²) in [6, 6.07) is 0.236. The summed E-state index contributed by atoms with van der Waals surface area (Å²) in [6.07, 6.45) is 2.95. The van der Waals surface area contributed by atoms with Gasteiger partial charge in [0.15, 0.2) is 0 Å². The molecule has 2 heterocycles. The van der Waals surface area contributed by atoms with Crippen molar-refractivity contribution < 1.29 is 19.4 Å². The van der Waals surface area contributed by atoms with Gasteiger partial charge in [0.25, 0.3) is 0 Å². The first-order chi connectivity index (χ1) is 8.16. The molecule has 1 aliphatic heterocycles. The van der Waals surface area contributed by atoms with Crippen LogP contribution in [0.5, 0.6) is 6.01 Å². The number of hydrogen-bond donors (Lipinski definition) is 1. The molecular formula is C11H14N2O4. The van der Waals surface area contributed by atoms with Gasteiger partial charge < -0.3 is 14.6 Å². The normalized spacial score (nSPS) is 16.8. The van der Waals surface area contributed by atoms with Gasteiger partial charge in [-0.1, -0.05) is 0 Å². The fraction of sp³-hybridized carbons (Fsp3) is 0.545. The van der Waals surface area contributed by atoms with Gasteiger partial charge in [0.2, 0.25) is 0 Å². The molecule has 17 heavy (non-hydrogen) atoms. The molecule has 1 N–H and O–H groups in total. The number of carboxylic acid groups (broad SMARTS) is 1. The van der Waals surface area contributed by atoms with E-state index in [1.807, 2.05) is 0 Å². The van der Waals surface area contributed by atoms with Gasteiger partial charge in [-0.15, -0.1) is 0 Å². The molecule has 0 aromatic carbocycles. The average Bonchev–Trinajstić information content (AvgIpc) is 2.30. The van der Waals surface area contributed by atoms with E-state index in [0.717, 1.165) is 12.8 Å². The highest BCUT2D eigenvalue weighted by molar-refractivity contribution is 5.88. The van der Waals surface area contributed by atoms with Crippen LogP contribution in [0, 0.1) is 6.92 Å². The Balaban J connectivity index is 2.06. The monoisotopic (exact) mass is 238 g/mol. The lowest BCUT2D eigenvalue weighted by Crippen LogP contribution is -2.26. The quantitative estimate of drug-likeness (QED) is 0.847. The number of rotatable bonds is 3. The highest BCUT2D eigenvalue weighted by atomic mass is 16.5. The molecular weight excluding hydrogens is 224 g/mol. The molecule has 1 aromatic rings. The topological polar surface area (TPSA) is 81.5 Å². The number of aromatic carboxylic acids is 1. The maximum atomic E-state index is 10.8. The van der Waals surface area contributed by atoms with Crippen LogP contribution in [0.2, 0.25) is 0 Å². The predicted molar refractivity (Wildman–Crippen MR) is 58.2 cm³/mol. The van der Waals surface area contributed by atoms with Gasteiger partial charge in [-0.3, -0.25) is 0 Å². The molecule has 0 unspecified atom stereocenters. The Morgan fingerprint density at radius 3 is 2.82 bits per heavy atom. The number of carbonyl (C=O) groups is 1. The van der Waals surface area contributed by atoms with E-state index >= 15 is 0 Å². The van der Waals surface area contributed by atoms with Crippen LogP contribution in [0.25, 0.3) is 0 Å². The Labute approximate surface area is 98.6 Å². The first-order valence-corrected chi connectivity index (χ1v) is 5.48. The summed E-state index contributed by atoms with van der Waals surface area (Å²) < 4.78 is 10.8. The van der Waals surface area contributed by atoms with Crippen molar-refractivity contribution in [3.63, 3.8) is 0 Å². The van der Waals surface area contributed by atoms with E-state index in [1.165, 1.54) is 6.20 Å². The van der Waals surface area contributed by atoms with Gasteiger partial charge in [0.1, 0.15) is 6.10 Å². The molecule has 2 rings (SSSR count). The van der Waals surface area contributed by atoms with E-state index in [4.69, 9.17) is 14.6 Å². The number of nitrogens with zero attached hydrogens (tertiary/aromatic N) is 2. The highest BCUT2D eigenvalue weighted by Crippen LogP contribution is 2.15. The summed E-state index contributed by atoms with van der Waals surface area (Å²) in [4.78, 5) is 18.7. The van der Waals surface area contributed by atoms with Crippen molar-refractivity contribution in [2.45, 2.75) is 25.9 Å². The van der Waals surface area contributed by atoms with Crippen molar-refractivity contribution in [2.24, 2.45) is 0 Å². The van der Waals surface area contributed by atoms with Crippen molar-refractivity contribution in [1.29, 1.82) is 0 Å². The number of aromatic nitrogens is 2. The van der Waals surface area contributed by atoms with Crippen LogP contribution in [0.1, 0.15) is 28.9 Å². The van der Waals surface area contributed by atoms with E-state index < -0.39 is 5.97 Å². The zero-order valence-corrected chi connectivity index (χ0v) is 9.55. The number of hydrogen-bond acceptors (Lipinski definition) is 5. The Morgan fingerprint density at radius 1 is 1.53 bits per heavy atom. The van der Waals surface area contributed by atoms with Gasteiger partial charge >= 0.3 is 12.0 Å². The van der Waals surface area contributed by atoms with Crippen LogP contribution in [-0.4, -0.2) is 40.4 Å². The molecule has 6 heteroatoms. The van der Waals surface area contributed by atoms with Crippen molar-refractivity contribution in [3.8, 4) is 6.01 Å². The van der Waals surface area contributed by atoms with Crippen LogP contribution in [0.4, 0.5) is 0 Å². The van der Waals surface area contributed by atoms with Crippen LogP contribution in [0.15, 0.2) is 6.20 Å². The molecule has 0 bridgehead atoms. The van der Waals surface area contributed by atoms with Crippen molar-refractivity contribution in [1.82, 2.24) is 9.97 Å². The van der Waals surface area contributed by atoms with Crippen molar-refractivity contribution in [3.05, 3.63) is 17.5 Å². The molecule has 1 aromatic heterocycles. The lowest BCUT2D eigenvalue weighted by atomic mass is 10.2. The Hall–Kier alpha value is -1.69. The highest BCUT2D eigenvalue weighted by Gasteiger charge is 2.17. The Kier molecular flexibility index (Phi) is 3.53. The smallest absolute Gasteiger partial charge is 0.339 e. The number of ether oxygens (including phenoxy) is 2. The fourth-order valence-corrected chi connectivity index (χ4v) is 1.66. The summed E-state index contributed by atoms with van der Waals surface area (Å²) in [6.45, 7) is 2.98. The van der Waals surface area contributed by atoms with Crippen LogP contribution >= 0.6 is 0 Å². The number of aryl methyl sites for hydroxylation is 1. The molecule has 0 saturated carbocycles. The molecule has 1 fully saturated rings. The molecule has 0 amide bonds. The third-order valence-corrected chi connectivity index (χ3v) is 2.63. The van der Waals surface area contributed by atoms with Gasteiger partial charge in [0.05, 0.1) is 24.5 Å². The Morgan fingerprint density at radius 2 is 2.24 bits per heavy atom. The minimum absolute atomic E-state index is 0.0545. The predicted octanol–water partition coefficient (Wildman–Crippen LogP) is 1.04. The zero-order valence-electron chi connectivity index (χ0n) is 9.55. The van der Waals surface area contributed by atoms with E-state index in [-0.39, 0.29) is 17.7 Å².